The van der Waals surface area contributed by atoms with Crippen LogP contribution in [0, 0.1) is 0 Å². The Hall–Kier alpha value is -7.29. The van der Waals surface area contributed by atoms with E-state index in [2.05, 4.69) is 211 Å². The van der Waals surface area contributed by atoms with E-state index in [9.17, 15) is 0 Å². The second-order valence-electron chi connectivity index (χ2n) is 14.3. The van der Waals surface area contributed by atoms with Gasteiger partial charge in [0.2, 0.25) is 0 Å². The average Bonchev–Trinajstić information content (AvgIpc) is 3.64. The molecule has 10 aromatic carbocycles. The molecule has 0 N–H and O–H groups in total. The first-order valence-corrected chi connectivity index (χ1v) is 18.9. The van der Waals surface area contributed by atoms with Crippen molar-refractivity contribution in [1.82, 2.24) is 9.55 Å². The summed E-state index contributed by atoms with van der Waals surface area (Å²) in [4.78, 5) is 5.29. The molecule has 0 spiro atoms. The first-order chi connectivity index (χ1) is 27.3. The molecule has 1 heterocycles. The van der Waals surface area contributed by atoms with E-state index in [0.717, 1.165) is 33.7 Å². The topological polar surface area (TPSA) is 17.8 Å². The molecule has 0 amide bonds. The lowest BCUT2D eigenvalue weighted by molar-refractivity contribution is 1.13. The van der Waals surface area contributed by atoms with Crippen LogP contribution in [0.15, 0.2) is 206 Å². The van der Waals surface area contributed by atoms with Gasteiger partial charge in [-0.2, -0.15) is 0 Å². The SMILES string of the molecule is c1ccc(-c2c3ccccc3c(-c3ccccc3)c3cc(-c4ccc(-c5nc6ccccc6n5-c5c6ccccc6cc6ccccc56)cc4)ccc23)cc1. The zero-order valence-corrected chi connectivity index (χ0v) is 30.0. The molecule has 11 rings (SSSR count). The number of hydrogen-bond acceptors (Lipinski definition) is 1. The summed E-state index contributed by atoms with van der Waals surface area (Å²) in [5, 5.41) is 9.85. The Morgan fingerprint density at radius 3 is 1.42 bits per heavy atom. The maximum absolute atomic E-state index is 5.29. The summed E-state index contributed by atoms with van der Waals surface area (Å²) in [6.45, 7) is 0. The summed E-state index contributed by atoms with van der Waals surface area (Å²) < 4.78 is 2.37. The molecule has 1 aromatic heterocycles. The normalized spacial score (nSPS) is 11.6. The van der Waals surface area contributed by atoms with Crippen molar-refractivity contribution in [2.45, 2.75) is 0 Å². The highest BCUT2D eigenvalue weighted by Gasteiger charge is 2.20. The summed E-state index contributed by atoms with van der Waals surface area (Å²) in [5.74, 6) is 0.929. The van der Waals surface area contributed by atoms with E-state index in [4.69, 9.17) is 4.98 Å². The predicted molar refractivity (Wildman–Crippen MR) is 233 cm³/mol. The first kappa shape index (κ1) is 31.3. The molecule has 0 aliphatic heterocycles. The fraction of sp³-hybridized carbons (Fsp3) is 0. The van der Waals surface area contributed by atoms with Gasteiger partial charge in [-0.15, -0.1) is 0 Å². The molecule has 256 valence electrons. The fourth-order valence-corrected chi connectivity index (χ4v) is 8.68. The van der Waals surface area contributed by atoms with Gasteiger partial charge in [0, 0.05) is 16.3 Å². The first-order valence-electron chi connectivity index (χ1n) is 18.9. The highest BCUT2D eigenvalue weighted by Crippen LogP contribution is 2.45. The molecule has 0 atom stereocenters. The molecule has 2 nitrogen and oxygen atoms in total. The summed E-state index contributed by atoms with van der Waals surface area (Å²) in [6, 6.07) is 74.6. The fourth-order valence-electron chi connectivity index (χ4n) is 8.68. The quantitative estimate of drug-likeness (QED) is 0.164. The number of nitrogens with zero attached hydrogens (tertiary/aromatic N) is 2. The standard InChI is InChI=1S/C53H34N2/c1-3-15-36(16-4-1)50-44-23-11-12-24-45(44)51(37-17-5-2-6-18-37)47-34-39(31-32-46(47)50)35-27-29-38(30-28-35)53-54-48-25-13-14-26-49(48)55(53)52-42-21-9-7-19-40(42)33-41-20-8-10-22-43(41)52/h1-34H. The summed E-state index contributed by atoms with van der Waals surface area (Å²) >= 11 is 0. The zero-order chi connectivity index (χ0) is 36.3. The summed E-state index contributed by atoms with van der Waals surface area (Å²) in [6.07, 6.45) is 0. The van der Waals surface area contributed by atoms with E-state index >= 15 is 0 Å². The number of rotatable bonds is 5. The average molecular weight is 699 g/mol. The molecule has 0 bridgehead atoms. The number of hydrogen-bond donors (Lipinski definition) is 0. The minimum atomic E-state index is 0.929. The van der Waals surface area contributed by atoms with Gasteiger partial charge in [-0.05, 0) is 90.0 Å². The minimum absolute atomic E-state index is 0.929. The van der Waals surface area contributed by atoms with Crippen LogP contribution in [0.25, 0.3) is 105 Å². The molecule has 2 heteroatoms. The van der Waals surface area contributed by atoms with Crippen molar-refractivity contribution in [3.05, 3.63) is 206 Å². The lowest BCUT2D eigenvalue weighted by Gasteiger charge is -2.19. The molecule has 0 aliphatic carbocycles. The van der Waals surface area contributed by atoms with Crippen LogP contribution in [-0.2, 0) is 0 Å². The third-order valence-corrected chi connectivity index (χ3v) is 11.2. The van der Waals surface area contributed by atoms with E-state index in [1.807, 2.05) is 0 Å². The van der Waals surface area contributed by atoms with Gasteiger partial charge in [-0.1, -0.05) is 182 Å². The molecule has 0 fully saturated rings. The van der Waals surface area contributed by atoms with Crippen molar-refractivity contribution in [3.8, 4) is 50.5 Å². The van der Waals surface area contributed by atoms with Gasteiger partial charge >= 0.3 is 0 Å². The lowest BCUT2D eigenvalue weighted by atomic mass is 9.85. The Labute approximate surface area is 319 Å². The zero-order valence-electron chi connectivity index (χ0n) is 30.0. The Kier molecular flexibility index (Phi) is 7.21. The highest BCUT2D eigenvalue weighted by atomic mass is 15.1. The van der Waals surface area contributed by atoms with Crippen LogP contribution in [0.4, 0.5) is 0 Å². The number of para-hydroxylation sites is 2. The maximum atomic E-state index is 5.29. The largest absolute Gasteiger partial charge is 0.291 e. The molecule has 55 heavy (non-hydrogen) atoms. The number of benzene rings is 10. The van der Waals surface area contributed by atoms with Gasteiger partial charge < -0.3 is 0 Å². The lowest BCUT2D eigenvalue weighted by Crippen LogP contribution is -2.00. The van der Waals surface area contributed by atoms with Crippen LogP contribution in [0.1, 0.15) is 0 Å². The van der Waals surface area contributed by atoms with Crippen LogP contribution in [-0.4, -0.2) is 9.55 Å². The molecule has 0 unspecified atom stereocenters. The minimum Gasteiger partial charge on any atom is -0.291 e. The molecule has 0 radical (unpaired) electrons. The molecule has 11 aromatic rings. The number of fused-ring (bicyclic) bond motifs is 5. The van der Waals surface area contributed by atoms with Crippen molar-refractivity contribution in [2.75, 3.05) is 0 Å². The van der Waals surface area contributed by atoms with E-state index < -0.39 is 0 Å². The second-order valence-corrected chi connectivity index (χ2v) is 14.3. The molecule has 0 aliphatic rings. The van der Waals surface area contributed by atoms with Crippen molar-refractivity contribution >= 4 is 54.1 Å². The van der Waals surface area contributed by atoms with Crippen LogP contribution in [0.3, 0.4) is 0 Å². The van der Waals surface area contributed by atoms with Gasteiger partial charge in [0.25, 0.3) is 0 Å². The van der Waals surface area contributed by atoms with Gasteiger partial charge in [0.15, 0.2) is 0 Å². The summed E-state index contributed by atoms with van der Waals surface area (Å²) in [5.41, 5.74) is 11.6. The van der Waals surface area contributed by atoms with Crippen molar-refractivity contribution in [2.24, 2.45) is 0 Å². The van der Waals surface area contributed by atoms with E-state index in [1.165, 1.54) is 70.9 Å². The Balaban J connectivity index is 1.11. The van der Waals surface area contributed by atoms with Gasteiger partial charge in [-0.25, -0.2) is 4.98 Å². The number of imidazole rings is 1. The Morgan fingerprint density at radius 1 is 0.309 bits per heavy atom. The Morgan fingerprint density at radius 2 is 0.782 bits per heavy atom. The van der Waals surface area contributed by atoms with Crippen LogP contribution >= 0.6 is 0 Å². The smallest absolute Gasteiger partial charge is 0.145 e. The van der Waals surface area contributed by atoms with Crippen molar-refractivity contribution < 1.29 is 0 Å². The maximum Gasteiger partial charge on any atom is 0.145 e. The second kappa shape index (κ2) is 12.7. The molecular weight excluding hydrogens is 665 g/mol. The summed E-state index contributed by atoms with van der Waals surface area (Å²) in [7, 11) is 0. The third kappa shape index (κ3) is 5.07. The van der Waals surface area contributed by atoms with E-state index in [1.54, 1.807) is 0 Å². The molecule has 0 saturated carbocycles. The van der Waals surface area contributed by atoms with Gasteiger partial charge in [-0.3, -0.25) is 4.57 Å². The molecular formula is C53H34N2. The van der Waals surface area contributed by atoms with Gasteiger partial charge in [0.05, 0.1) is 16.7 Å². The highest BCUT2D eigenvalue weighted by molar-refractivity contribution is 6.22. The monoisotopic (exact) mass is 698 g/mol. The third-order valence-electron chi connectivity index (χ3n) is 11.2. The van der Waals surface area contributed by atoms with Crippen LogP contribution in [0.5, 0.6) is 0 Å². The van der Waals surface area contributed by atoms with Crippen molar-refractivity contribution in [3.63, 3.8) is 0 Å². The van der Waals surface area contributed by atoms with E-state index in [0.29, 0.717) is 0 Å². The Bertz CT molecular complexity index is 3180. The molecule has 0 saturated heterocycles. The van der Waals surface area contributed by atoms with Crippen LogP contribution in [0.2, 0.25) is 0 Å². The van der Waals surface area contributed by atoms with E-state index in [-0.39, 0.29) is 0 Å². The van der Waals surface area contributed by atoms with Gasteiger partial charge in [0.1, 0.15) is 5.82 Å². The van der Waals surface area contributed by atoms with Crippen molar-refractivity contribution in [1.29, 1.82) is 0 Å². The number of aromatic nitrogens is 2. The predicted octanol–water partition coefficient (Wildman–Crippen LogP) is 14.3. The van der Waals surface area contributed by atoms with Crippen LogP contribution < -0.4 is 0 Å².